The summed E-state index contributed by atoms with van der Waals surface area (Å²) in [6, 6.07) is 7.87. The molecule has 2 rings (SSSR count). The molecule has 0 saturated heterocycles. The summed E-state index contributed by atoms with van der Waals surface area (Å²) >= 11 is 3.24. The van der Waals surface area contributed by atoms with Gasteiger partial charge >= 0.3 is 0 Å². The van der Waals surface area contributed by atoms with Crippen molar-refractivity contribution in [1.82, 2.24) is 0 Å². The third kappa shape index (κ3) is 3.37. The average Bonchev–Trinajstić information content (AvgIpc) is 2.40. The molecule has 0 unspecified atom stereocenters. The van der Waals surface area contributed by atoms with E-state index in [1.54, 1.807) is 13.0 Å². The Morgan fingerprint density at radius 3 is 2.67 bits per heavy atom. The van der Waals surface area contributed by atoms with Crippen LogP contribution in [0.4, 0.5) is 10.1 Å². The van der Waals surface area contributed by atoms with Gasteiger partial charge in [-0.05, 0) is 41.1 Å². The Morgan fingerprint density at radius 2 is 2.05 bits per heavy atom. The lowest BCUT2D eigenvalue weighted by Crippen LogP contribution is -2.09. The molecule has 2 aromatic carbocycles. The summed E-state index contributed by atoms with van der Waals surface area (Å²) in [6.45, 7) is 1.63. The highest BCUT2D eigenvalue weighted by Gasteiger charge is 2.17. The summed E-state index contributed by atoms with van der Waals surface area (Å²) in [7, 11) is 0. The first-order valence-corrected chi connectivity index (χ1v) is 6.85. The van der Waals surface area contributed by atoms with E-state index in [1.807, 2.05) is 0 Å². The molecule has 7 heteroatoms. The van der Waals surface area contributed by atoms with Gasteiger partial charge in [0.05, 0.1) is 15.5 Å². The minimum atomic E-state index is -0.571. The van der Waals surface area contributed by atoms with Gasteiger partial charge in [0.2, 0.25) is 0 Å². The van der Waals surface area contributed by atoms with E-state index in [1.165, 1.54) is 30.3 Å². The summed E-state index contributed by atoms with van der Waals surface area (Å²) in [4.78, 5) is 10.3. The zero-order chi connectivity index (χ0) is 15.6. The first kappa shape index (κ1) is 15.4. The minimum absolute atomic E-state index is 0.119. The van der Waals surface area contributed by atoms with Crippen molar-refractivity contribution in [2.45, 2.75) is 13.0 Å². The highest BCUT2D eigenvalue weighted by atomic mass is 79.9. The summed E-state index contributed by atoms with van der Waals surface area (Å²) < 4.78 is 20.0. The number of halogens is 2. The quantitative estimate of drug-likeness (QED) is 0.655. The van der Waals surface area contributed by atoms with Crippen molar-refractivity contribution in [3.8, 4) is 11.5 Å². The van der Waals surface area contributed by atoms with E-state index in [9.17, 15) is 14.5 Å². The number of hydrogen-bond donors (Lipinski definition) is 1. The number of nitro groups is 1. The Morgan fingerprint density at radius 1 is 1.33 bits per heavy atom. The second-order valence-corrected chi connectivity index (χ2v) is 5.27. The molecular formula is C14H12BrFN2O3. The van der Waals surface area contributed by atoms with Crippen LogP contribution >= 0.6 is 15.9 Å². The molecule has 0 bridgehead atoms. The van der Waals surface area contributed by atoms with Gasteiger partial charge in [-0.25, -0.2) is 4.39 Å². The van der Waals surface area contributed by atoms with Gasteiger partial charge in [-0.15, -0.1) is 0 Å². The van der Waals surface area contributed by atoms with E-state index in [0.29, 0.717) is 4.47 Å². The maximum atomic E-state index is 13.8. The second kappa shape index (κ2) is 6.19. The van der Waals surface area contributed by atoms with Crippen molar-refractivity contribution in [2.75, 3.05) is 0 Å². The normalized spacial score (nSPS) is 12.0. The van der Waals surface area contributed by atoms with Crippen LogP contribution in [-0.2, 0) is 0 Å². The molecule has 0 heterocycles. The van der Waals surface area contributed by atoms with E-state index in [-0.39, 0.29) is 22.7 Å². The molecule has 0 aliphatic rings. The lowest BCUT2D eigenvalue weighted by atomic mass is 10.1. The number of benzene rings is 2. The molecule has 110 valence electrons. The van der Waals surface area contributed by atoms with Crippen molar-refractivity contribution in [2.24, 2.45) is 5.73 Å². The average molecular weight is 355 g/mol. The van der Waals surface area contributed by atoms with Crippen LogP contribution in [0.1, 0.15) is 18.5 Å². The molecule has 0 amide bonds. The third-order valence-electron chi connectivity index (χ3n) is 2.81. The minimum Gasteiger partial charge on any atom is -0.455 e. The fraction of sp³-hybridized carbons (Fsp3) is 0.143. The predicted molar refractivity (Wildman–Crippen MR) is 79.9 cm³/mol. The van der Waals surface area contributed by atoms with Gasteiger partial charge in [-0.2, -0.15) is 0 Å². The van der Waals surface area contributed by atoms with Crippen LogP contribution in [0.15, 0.2) is 40.9 Å². The fourth-order valence-corrected chi connectivity index (χ4v) is 2.18. The number of rotatable bonds is 4. The van der Waals surface area contributed by atoms with Crippen LogP contribution in [0.25, 0.3) is 0 Å². The summed E-state index contributed by atoms with van der Waals surface area (Å²) in [5, 5.41) is 10.8. The second-order valence-electron chi connectivity index (χ2n) is 4.41. The smallest absolute Gasteiger partial charge is 0.273 e. The highest BCUT2D eigenvalue weighted by Crippen LogP contribution is 2.36. The van der Waals surface area contributed by atoms with Crippen molar-refractivity contribution in [1.29, 1.82) is 0 Å². The van der Waals surface area contributed by atoms with Gasteiger partial charge in [0.1, 0.15) is 17.3 Å². The number of nitrogens with two attached hydrogens (primary N) is 1. The molecule has 0 spiro atoms. The van der Waals surface area contributed by atoms with Crippen molar-refractivity contribution < 1.29 is 14.1 Å². The number of non-ortho nitro benzene ring substituents is 1. The van der Waals surface area contributed by atoms with Gasteiger partial charge < -0.3 is 10.5 Å². The van der Waals surface area contributed by atoms with Crippen LogP contribution in [0.5, 0.6) is 11.5 Å². The van der Waals surface area contributed by atoms with E-state index >= 15 is 0 Å². The Kier molecular flexibility index (Phi) is 4.54. The molecule has 21 heavy (non-hydrogen) atoms. The van der Waals surface area contributed by atoms with Gasteiger partial charge in [0.25, 0.3) is 5.69 Å². The Balaban J connectivity index is 2.45. The van der Waals surface area contributed by atoms with Gasteiger partial charge in [0, 0.05) is 17.7 Å². The maximum absolute atomic E-state index is 13.8. The lowest BCUT2D eigenvalue weighted by Gasteiger charge is -2.15. The maximum Gasteiger partial charge on any atom is 0.273 e. The van der Waals surface area contributed by atoms with Crippen LogP contribution in [0.3, 0.4) is 0 Å². The van der Waals surface area contributed by atoms with E-state index < -0.39 is 16.8 Å². The molecule has 2 N–H and O–H groups in total. The van der Waals surface area contributed by atoms with Crippen LogP contribution < -0.4 is 10.5 Å². The number of ether oxygens (including phenoxy) is 1. The first-order valence-electron chi connectivity index (χ1n) is 6.06. The topological polar surface area (TPSA) is 78.4 Å². The Labute approximate surface area is 128 Å². The van der Waals surface area contributed by atoms with Crippen LogP contribution in [-0.4, -0.2) is 4.92 Å². The summed E-state index contributed by atoms with van der Waals surface area (Å²) in [5.74, 6) is -0.0352. The van der Waals surface area contributed by atoms with Gasteiger partial charge in [-0.1, -0.05) is 6.07 Å². The Bertz CT molecular complexity index is 692. The number of hydrogen-bond acceptors (Lipinski definition) is 4. The molecule has 1 atom stereocenters. The number of nitro benzene ring substituents is 1. The number of nitrogens with zero attached hydrogens (tertiary/aromatic N) is 1. The molecule has 0 aliphatic heterocycles. The van der Waals surface area contributed by atoms with Crippen molar-refractivity contribution >= 4 is 21.6 Å². The standard InChI is InChI=1S/C14H12BrFN2O3/c1-8(17)14-11(16)3-2-4-12(14)21-13-7-9(18(19)20)5-6-10(13)15/h2-8H,17H2,1H3/t8-/m1/s1. The van der Waals surface area contributed by atoms with E-state index in [0.717, 1.165) is 0 Å². The zero-order valence-corrected chi connectivity index (χ0v) is 12.6. The first-order chi connectivity index (χ1) is 9.90. The largest absolute Gasteiger partial charge is 0.455 e. The molecule has 0 fully saturated rings. The van der Waals surface area contributed by atoms with Gasteiger partial charge in [0.15, 0.2) is 0 Å². The lowest BCUT2D eigenvalue weighted by molar-refractivity contribution is -0.384. The SMILES string of the molecule is C[C@@H](N)c1c(F)cccc1Oc1cc([N+](=O)[O-])ccc1Br. The molecule has 5 nitrogen and oxygen atoms in total. The molecule has 0 saturated carbocycles. The summed E-state index contributed by atoms with van der Waals surface area (Å²) in [6.07, 6.45) is 0. The molecular weight excluding hydrogens is 343 g/mol. The Hall–Kier alpha value is -1.99. The predicted octanol–water partition coefficient (Wildman–Crippen LogP) is 4.31. The van der Waals surface area contributed by atoms with Crippen LogP contribution in [0, 0.1) is 15.9 Å². The van der Waals surface area contributed by atoms with Crippen molar-refractivity contribution in [3.63, 3.8) is 0 Å². The molecule has 0 aliphatic carbocycles. The van der Waals surface area contributed by atoms with Crippen molar-refractivity contribution in [3.05, 3.63) is 62.4 Å². The van der Waals surface area contributed by atoms with Crippen LogP contribution in [0.2, 0.25) is 0 Å². The fourth-order valence-electron chi connectivity index (χ4n) is 1.85. The molecule has 0 radical (unpaired) electrons. The van der Waals surface area contributed by atoms with E-state index in [2.05, 4.69) is 15.9 Å². The molecule has 0 aromatic heterocycles. The summed E-state index contributed by atoms with van der Waals surface area (Å²) in [5.41, 5.74) is 5.85. The zero-order valence-electron chi connectivity index (χ0n) is 11.0. The monoisotopic (exact) mass is 354 g/mol. The third-order valence-corrected chi connectivity index (χ3v) is 3.47. The molecule has 2 aromatic rings. The van der Waals surface area contributed by atoms with E-state index in [4.69, 9.17) is 10.5 Å². The highest BCUT2D eigenvalue weighted by molar-refractivity contribution is 9.10. The van der Waals surface area contributed by atoms with Gasteiger partial charge in [-0.3, -0.25) is 10.1 Å².